The van der Waals surface area contributed by atoms with Gasteiger partial charge in [-0.2, -0.15) is 10.2 Å². The Morgan fingerprint density at radius 1 is 1.29 bits per heavy atom. The molecule has 2 rings (SSSR count). The number of rotatable bonds is 8. The molecule has 0 amide bonds. The third-order valence-corrected chi connectivity index (χ3v) is 2.80. The lowest BCUT2D eigenvalue weighted by Gasteiger charge is -2.01. The van der Waals surface area contributed by atoms with Gasteiger partial charge in [-0.1, -0.05) is 6.92 Å². The summed E-state index contributed by atoms with van der Waals surface area (Å²) in [4.78, 5) is 0. The monoisotopic (exact) mass is 319 g/mol. The SMILES string of the molecule is CCCn1ccc(CNCc2cnn(CC(F)F)c2)n1.Cl. The van der Waals surface area contributed by atoms with E-state index in [-0.39, 0.29) is 19.0 Å². The predicted molar refractivity (Wildman–Crippen MR) is 78.5 cm³/mol. The van der Waals surface area contributed by atoms with E-state index in [1.165, 1.54) is 4.68 Å². The summed E-state index contributed by atoms with van der Waals surface area (Å²) in [5.74, 6) is 0. The van der Waals surface area contributed by atoms with Crippen molar-refractivity contribution in [3.8, 4) is 0 Å². The molecule has 0 aliphatic carbocycles. The van der Waals surface area contributed by atoms with Gasteiger partial charge in [0.1, 0.15) is 6.54 Å². The minimum absolute atomic E-state index is 0. The number of halogens is 3. The molecule has 8 heteroatoms. The summed E-state index contributed by atoms with van der Waals surface area (Å²) < 4.78 is 27.5. The Hall–Kier alpha value is -1.47. The normalized spacial score (nSPS) is 10.9. The van der Waals surface area contributed by atoms with Crippen molar-refractivity contribution in [2.75, 3.05) is 0 Å². The molecule has 0 aromatic carbocycles. The van der Waals surface area contributed by atoms with Crippen molar-refractivity contribution in [1.82, 2.24) is 24.9 Å². The molecule has 0 atom stereocenters. The first-order chi connectivity index (χ1) is 9.67. The zero-order valence-corrected chi connectivity index (χ0v) is 12.7. The maximum Gasteiger partial charge on any atom is 0.257 e. The summed E-state index contributed by atoms with van der Waals surface area (Å²) >= 11 is 0. The molecular formula is C13H20ClF2N5. The summed E-state index contributed by atoms with van der Waals surface area (Å²) in [6, 6.07) is 1.98. The smallest absolute Gasteiger partial charge is 0.257 e. The largest absolute Gasteiger partial charge is 0.307 e. The van der Waals surface area contributed by atoms with Crippen LogP contribution in [0.25, 0.3) is 0 Å². The molecule has 0 radical (unpaired) electrons. The molecule has 0 unspecified atom stereocenters. The van der Waals surface area contributed by atoms with Crippen molar-refractivity contribution in [2.24, 2.45) is 0 Å². The van der Waals surface area contributed by atoms with E-state index in [1.54, 1.807) is 12.4 Å². The van der Waals surface area contributed by atoms with E-state index in [0.717, 1.165) is 24.2 Å². The molecule has 0 saturated carbocycles. The van der Waals surface area contributed by atoms with Crippen LogP contribution in [0.3, 0.4) is 0 Å². The highest BCUT2D eigenvalue weighted by molar-refractivity contribution is 5.85. The van der Waals surface area contributed by atoms with Gasteiger partial charge in [-0.3, -0.25) is 9.36 Å². The van der Waals surface area contributed by atoms with E-state index < -0.39 is 6.43 Å². The summed E-state index contributed by atoms with van der Waals surface area (Å²) in [7, 11) is 0. The topological polar surface area (TPSA) is 47.7 Å². The summed E-state index contributed by atoms with van der Waals surface area (Å²) in [6.45, 7) is 3.90. The molecule has 21 heavy (non-hydrogen) atoms. The van der Waals surface area contributed by atoms with Crippen molar-refractivity contribution in [2.45, 2.75) is 45.9 Å². The third-order valence-electron chi connectivity index (χ3n) is 2.80. The number of aryl methyl sites for hydroxylation is 1. The molecular weight excluding hydrogens is 300 g/mol. The van der Waals surface area contributed by atoms with E-state index in [4.69, 9.17) is 0 Å². The van der Waals surface area contributed by atoms with E-state index >= 15 is 0 Å². The van der Waals surface area contributed by atoms with Gasteiger partial charge in [0.2, 0.25) is 0 Å². The van der Waals surface area contributed by atoms with Crippen LogP contribution in [-0.4, -0.2) is 26.0 Å². The van der Waals surface area contributed by atoms with Crippen LogP contribution in [0.2, 0.25) is 0 Å². The number of hydrogen-bond donors (Lipinski definition) is 1. The lowest BCUT2D eigenvalue weighted by atomic mass is 10.3. The van der Waals surface area contributed by atoms with Gasteiger partial charge in [0.05, 0.1) is 11.9 Å². The maximum atomic E-state index is 12.2. The van der Waals surface area contributed by atoms with Crippen LogP contribution in [0.5, 0.6) is 0 Å². The number of nitrogens with zero attached hydrogens (tertiary/aromatic N) is 4. The first-order valence-corrected chi connectivity index (χ1v) is 6.70. The van der Waals surface area contributed by atoms with Crippen LogP contribution in [-0.2, 0) is 26.2 Å². The second-order valence-electron chi connectivity index (χ2n) is 4.64. The molecule has 0 saturated heterocycles. The van der Waals surface area contributed by atoms with E-state index in [1.807, 2.05) is 16.9 Å². The highest BCUT2D eigenvalue weighted by atomic mass is 35.5. The Balaban J connectivity index is 0.00000220. The molecule has 0 bridgehead atoms. The fraction of sp³-hybridized carbons (Fsp3) is 0.538. The Morgan fingerprint density at radius 3 is 2.81 bits per heavy atom. The highest BCUT2D eigenvalue weighted by Gasteiger charge is 2.05. The average molecular weight is 320 g/mol. The Labute approximate surface area is 128 Å². The quantitative estimate of drug-likeness (QED) is 0.813. The van der Waals surface area contributed by atoms with Crippen LogP contribution in [0.4, 0.5) is 8.78 Å². The maximum absolute atomic E-state index is 12.2. The molecule has 2 aromatic heterocycles. The van der Waals surface area contributed by atoms with Crippen molar-refractivity contribution in [3.05, 3.63) is 35.9 Å². The van der Waals surface area contributed by atoms with Gasteiger partial charge < -0.3 is 5.32 Å². The molecule has 0 fully saturated rings. The Morgan fingerprint density at radius 2 is 2.10 bits per heavy atom. The van der Waals surface area contributed by atoms with E-state index in [2.05, 4.69) is 22.4 Å². The molecule has 0 aliphatic rings. The molecule has 1 N–H and O–H groups in total. The van der Waals surface area contributed by atoms with Gasteiger partial charge >= 0.3 is 0 Å². The van der Waals surface area contributed by atoms with Crippen molar-refractivity contribution >= 4 is 12.4 Å². The zero-order chi connectivity index (χ0) is 14.4. The Bertz CT molecular complexity index is 526. The highest BCUT2D eigenvalue weighted by Crippen LogP contribution is 2.02. The van der Waals surface area contributed by atoms with Crippen molar-refractivity contribution in [3.63, 3.8) is 0 Å². The third kappa shape index (κ3) is 5.81. The Kier molecular flexibility index (Phi) is 7.31. The van der Waals surface area contributed by atoms with Crippen LogP contribution in [0, 0.1) is 0 Å². The van der Waals surface area contributed by atoms with Crippen molar-refractivity contribution in [1.29, 1.82) is 0 Å². The molecule has 5 nitrogen and oxygen atoms in total. The number of nitrogens with one attached hydrogen (secondary N) is 1. The molecule has 2 aromatic rings. The molecule has 0 aliphatic heterocycles. The summed E-state index contributed by atoms with van der Waals surface area (Å²) in [5.41, 5.74) is 1.86. The standard InChI is InChI=1S/C13H19F2N5.ClH/c1-2-4-19-5-3-12(18-19)8-16-6-11-7-17-20(9-11)10-13(14)15;/h3,5,7,9,13,16H,2,4,6,8,10H2,1H3;1H. The van der Waals surface area contributed by atoms with E-state index in [9.17, 15) is 8.78 Å². The van der Waals surface area contributed by atoms with Crippen molar-refractivity contribution < 1.29 is 8.78 Å². The lowest BCUT2D eigenvalue weighted by Crippen LogP contribution is -2.13. The lowest BCUT2D eigenvalue weighted by molar-refractivity contribution is 0.122. The van der Waals surface area contributed by atoms with Gasteiger partial charge in [0.15, 0.2) is 0 Å². The molecule has 0 spiro atoms. The van der Waals surface area contributed by atoms with E-state index in [0.29, 0.717) is 13.1 Å². The minimum Gasteiger partial charge on any atom is -0.307 e. The van der Waals surface area contributed by atoms with Crippen LogP contribution in [0.15, 0.2) is 24.7 Å². The molecule has 118 valence electrons. The van der Waals surface area contributed by atoms with Crippen LogP contribution < -0.4 is 5.32 Å². The van der Waals surface area contributed by atoms with Gasteiger partial charge in [-0.05, 0) is 12.5 Å². The molecule has 2 heterocycles. The van der Waals surface area contributed by atoms with Gasteiger partial charge in [-0.15, -0.1) is 12.4 Å². The summed E-state index contributed by atoms with van der Waals surface area (Å²) in [5, 5.41) is 11.5. The second-order valence-corrected chi connectivity index (χ2v) is 4.64. The van der Waals surface area contributed by atoms with Crippen LogP contribution >= 0.6 is 12.4 Å². The first kappa shape index (κ1) is 17.6. The van der Waals surface area contributed by atoms with Gasteiger partial charge in [-0.25, -0.2) is 8.78 Å². The second kappa shape index (κ2) is 8.74. The minimum atomic E-state index is -2.38. The fourth-order valence-corrected chi connectivity index (χ4v) is 1.93. The zero-order valence-electron chi connectivity index (χ0n) is 11.9. The average Bonchev–Trinajstić information content (AvgIpc) is 2.99. The predicted octanol–water partition coefficient (Wildman–Crippen LogP) is 2.47. The summed E-state index contributed by atoms with van der Waals surface area (Å²) in [6.07, 6.45) is 3.87. The first-order valence-electron chi connectivity index (χ1n) is 6.70. The van der Waals surface area contributed by atoms with Gasteiger partial charge in [0, 0.05) is 37.6 Å². The number of aromatic nitrogens is 4. The number of alkyl halides is 2. The van der Waals surface area contributed by atoms with Gasteiger partial charge in [0.25, 0.3) is 6.43 Å². The number of hydrogen-bond acceptors (Lipinski definition) is 3. The van der Waals surface area contributed by atoms with Crippen LogP contribution in [0.1, 0.15) is 24.6 Å². The fourth-order valence-electron chi connectivity index (χ4n) is 1.93.